The second kappa shape index (κ2) is 3.22. The average Bonchev–Trinajstić information content (AvgIpc) is 1.41. The third-order valence-electron chi connectivity index (χ3n) is 0.143. The van der Waals surface area contributed by atoms with E-state index in [-0.39, 0.29) is 0 Å². The number of hydrogen-bond acceptors (Lipinski definition) is 2. The first-order chi connectivity index (χ1) is 2.41. The maximum Gasteiger partial charge on any atom is 0.336 e. The topological polar surface area (TPSA) is 40.9 Å². The van der Waals surface area contributed by atoms with Crippen molar-refractivity contribution in [1.29, 1.82) is 5.26 Å². The van der Waals surface area contributed by atoms with Crippen LogP contribution in [0.5, 0.6) is 0 Å². The van der Waals surface area contributed by atoms with Crippen molar-refractivity contribution < 1.29 is 4.79 Å². The summed E-state index contributed by atoms with van der Waals surface area (Å²) in [6, 6.07) is 0. The van der Waals surface area contributed by atoms with Crippen molar-refractivity contribution in [3.05, 3.63) is 0 Å². The Morgan fingerprint density at radius 2 is 2.60 bits per heavy atom. The molecule has 0 heterocycles. The molecule has 0 saturated carbocycles. The number of carbonyl (C=O) groups excluding carboxylic acids is 1. The van der Waals surface area contributed by atoms with Crippen LogP contribution in [0, 0.1) is 11.2 Å². The van der Waals surface area contributed by atoms with Crippen molar-refractivity contribution in [3.63, 3.8) is 0 Å². The van der Waals surface area contributed by atoms with Gasteiger partial charge in [0.15, 0.2) is 0 Å². The number of rotatable bonds is 1. The van der Waals surface area contributed by atoms with E-state index in [0.717, 1.165) is 7.28 Å². The first-order valence-corrected chi connectivity index (χ1v) is 1.08. The SMILES string of the molecule is N#C[B]C=O. The summed E-state index contributed by atoms with van der Waals surface area (Å²) >= 11 is 0. The fourth-order valence-corrected chi connectivity index (χ4v) is 0.0304. The summed E-state index contributed by atoms with van der Waals surface area (Å²) < 4.78 is 0. The molecule has 23 valence electrons. The highest BCUT2D eigenvalue weighted by Gasteiger charge is 1.72. The Morgan fingerprint density at radius 3 is 2.60 bits per heavy atom. The smallest absolute Gasteiger partial charge is 0.314 e. The Bertz CT molecular complexity index is 64.5. The van der Waals surface area contributed by atoms with Crippen molar-refractivity contribution in [3.8, 4) is 5.97 Å². The zero-order valence-electron chi connectivity index (χ0n) is 2.51. The first kappa shape index (κ1) is 4.22. The van der Waals surface area contributed by atoms with Crippen LogP contribution in [-0.2, 0) is 4.79 Å². The lowest BCUT2D eigenvalue weighted by atomic mass is 9.85. The summed E-state index contributed by atoms with van der Waals surface area (Å²) in [7, 11) is 0.875. The summed E-state index contributed by atoms with van der Waals surface area (Å²) in [6.45, 7) is 0. The quantitative estimate of drug-likeness (QED) is 0.301. The van der Waals surface area contributed by atoms with Gasteiger partial charge in [-0.25, -0.2) is 5.26 Å². The first-order valence-electron chi connectivity index (χ1n) is 1.08. The van der Waals surface area contributed by atoms with Crippen molar-refractivity contribution in [2.75, 3.05) is 0 Å². The Balaban J connectivity index is 2.75. The standard InChI is InChI=1S/C2HBNO/c4-1-3-2-5/h2H. The van der Waals surface area contributed by atoms with E-state index in [1.54, 1.807) is 0 Å². The van der Waals surface area contributed by atoms with Gasteiger partial charge in [-0.15, -0.1) is 0 Å². The molecule has 2 nitrogen and oxygen atoms in total. The van der Waals surface area contributed by atoms with E-state index in [0.29, 0.717) is 6.19 Å². The minimum Gasteiger partial charge on any atom is -0.314 e. The van der Waals surface area contributed by atoms with Gasteiger partial charge in [0.2, 0.25) is 0 Å². The molecule has 0 atom stereocenters. The lowest BCUT2D eigenvalue weighted by Crippen LogP contribution is -1.81. The molecule has 0 aliphatic rings. The minimum atomic E-state index is 0.444. The van der Waals surface area contributed by atoms with Gasteiger partial charge in [0, 0.05) is 5.97 Å². The van der Waals surface area contributed by atoms with Gasteiger partial charge in [-0.05, 0) is 0 Å². The Labute approximate surface area is 30.6 Å². The molecular formula is C2HBNO. The maximum atomic E-state index is 9.13. The Morgan fingerprint density at radius 1 is 2.00 bits per heavy atom. The summed E-state index contributed by atoms with van der Waals surface area (Å²) in [5, 5.41) is 7.53. The number of hydrogen-bond donors (Lipinski definition) is 0. The highest BCUT2D eigenvalue weighted by Crippen LogP contribution is 1.34. The van der Waals surface area contributed by atoms with Crippen LogP contribution < -0.4 is 0 Å². The minimum absolute atomic E-state index is 0.444. The van der Waals surface area contributed by atoms with Crippen LogP contribution in [-0.4, -0.2) is 13.5 Å². The molecule has 3 heteroatoms. The van der Waals surface area contributed by atoms with Crippen LogP contribution in [0.2, 0.25) is 0 Å². The van der Waals surface area contributed by atoms with Gasteiger partial charge >= 0.3 is 7.28 Å². The zero-order chi connectivity index (χ0) is 4.12. The molecule has 0 rings (SSSR count). The van der Waals surface area contributed by atoms with Gasteiger partial charge in [0.1, 0.15) is 0 Å². The molecule has 0 bridgehead atoms. The fourth-order valence-electron chi connectivity index (χ4n) is 0.0304. The lowest BCUT2D eigenvalue weighted by Gasteiger charge is -1.44. The largest absolute Gasteiger partial charge is 0.336 e. The molecule has 0 aromatic rings. The summed E-state index contributed by atoms with van der Waals surface area (Å²) in [5.41, 5.74) is 0. The predicted octanol–water partition coefficient (Wildman–Crippen LogP) is -0.638. The third-order valence-corrected chi connectivity index (χ3v) is 0.143. The molecule has 0 N–H and O–H groups in total. The van der Waals surface area contributed by atoms with Gasteiger partial charge < -0.3 is 4.79 Å². The van der Waals surface area contributed by atoms with E-state index in [4.69, 9.17) is 10.1 Å². The van der Waals surface area contributed by atoms with E-state index in [2.05, 4.69) is 0 Å². The normalized spacial score (nSPS) is 4.60. The Kier molecular flexibility index (Phi) is 2.73. The number of nitriles is 1. The van der Waals surface area contributed by atoms with E-state index in [9.17, 15) is 0 Å². The number of carbonyl (C=O) groups is 1. The molecule has 0 amide bonds. The van der Waals surface area contributed by atoms with Gasteiger partial charge in [-0.1, -0.05) is 0 Å². The molecule has 0 aliphatic heterocycles. The van der Waals surface area contributed by atoms with Crippen LogP contribution in [0.15, 0.2) is 0 Å². The summed E-state index contributed by atoms with van der Waals surface area (Å²) in [4.78, 5) is 9.13. The van der Waals surface area contributed by atoms with E-state index >= 15 is 0 Å². The van der Waals surface area contributed by atoms with Crippen LogP contribution in [0.4, 0.5) is 0 Å². The van der Waals surface area contributed by atoms with Gasteiger partial charge in [-0.2, -0.15) is 0 Å². The van der Waals surface area contributed by atoms with Crippen molar-refractivity contribution in [1.82, 2.24) is 0 Å². The van der Waals surface area contributed by atoms with Gasteiger partial charge in [0.25, 0.3) is 0 Å². The van der Waals surface area contributed by atoms with Crippen molar-refractivity contribution in [2.45, 2.75) is 0 Å². The average molecular weight is 65.8 g/mol. The van der Waals surface area contributed by atoms with Crippen LogP contribution in [0.3, 0.4) is 0 Å². The van der Waals surface area contributed by atoms with Gasteiger partial charge in [-0.3, -0.25) is 0 Å². The monoisotopic (exact) mass is 66.0 g/mol. The zero-order valence-corrected chi connectivity index (χ0v) is 2.51. The second-order valence-corrected chi connectivity index (χ2v) is 0.432. The second-order valence-electron chi connectivity index (χ2n) is 0.432. The van der Waals surface area contributed by atoms with Crippen LogP contribution in [0.1, 0.15) is 0 Å². The molecule has 5 heavy (non-hydrogen) atoms. The number of nitrogens with zero attached hydrogens (tertiary/aromatic N) is 1. The maximum absolute atomic E-state index is 9.13. The Hall–Kier alpha value is -0.775. The third kappa shape index (κ3) is 3.22. The van der Waals surface area contributed by atoms with E-state index in [1.807, 2.05) is 0 Å². The predicted molar refractivity (Wildman–Crippen MR) is 18.1 cm³/mol. The molecule has 0 aliphatic carbocycles. The lowest BCUT2D eigenvalue weighted by molar-refractivity contribution is 0.568. The summed E-state index contributed by atoms with van der Waals surface area (Å²) in [5.74, 6) is 1.52. The van der Waals surface area contributed by atoms with Crippen molar-refractivity contribution in [2.24, 2.45) is 0 Å². The molecule has 1 radical (unpaired) electrons. The van der Waals surface area contributed by atoms with E-state index < -0.39 is 0 Å². The molecule has 0 unspecified atom stereocenters. The molecular weight excluding hydrogens is 64.8 g/mol. The highest BCUT2D eigenvalue weighted by atomic mass is 16.1. The highest BCUT2D eigenvalue weighted by molar-refractivity contribution is 6.73. The molecule has 0 aromatic heterocycles. The molecule has 0 saturated heterocycles. The molecule has 0 fully saturated rings. The van der Waals surface area contributed by atoms with Crippen LogP contribution in [0.25, 0.3) is 0 Å². The van der Waals surface area contributed by atoms with Crippen molar-refractivity contribution >= 4 is 13.5 Å². The van der Waals surface area contributed by atoms with Gasteiger partial charge in [0.05, 0.1) is 6.19 Å². The molecule has 0 spiro atoms. The molecule has 0 aromatic carbocycles. The summed E-state index contributed by atoms with van der Waals surface area (Å²) in [6.07, 6.45) is 0.444. The van der Waals surface area contributed by atoms with Crippen LogP contribution >= 0.6 is 0 Å². The van der Waals surface area contributed by atoms with E-state index in [1.165, 1.54) is 5.97 Å². The fraction of sp³-hybridized carbons (Fsp3) is 0.